The maximum Gasteiger partial charge on any atom is 0.124 e. The second-order valence-corrected chi connectivity index (χ2v) is 10.0. The minimum Gasteiger partial charge on any atom is -0.354 e. The molecule has 0 aliphatic rings. The Labute approximate surface area is 204 Å². The zero-order valence-electron chi connectivity index (χ0n) is 18.7. The molecule has 0 aliphatic carbocycles. The summed E-state index contributed by atoms with van der Waals surface area (Å²) in [7, 11) is 0. The Morgan fingerprint density at radius 1 is 0.543 bits per heavy atom. The summed E-state index contributed by atoms with van der Waals surface area (Å²) in [5.41, 5.74) is 9.30. The van der Waals surface area contributed by atoms with Gasteiger partial charge in [-0.15, -0.1) is 11.3 Å². The molecule has 0 spiro atoms. The number of H-pyrrole nitrogens is 2. The number of benzene rings is 5. The molecule has 4 heteroatoms. The Balaban J connectivity index is 1.35. The summed E-state index contributed by atoms with van der Waals surface area (Å²) >= 11 is 1.75. The second-order valence-electron chi connectivity index (χ2n) is 9.01. The van der Waals surface area contributed by atoms with Crippen LogP contribution in [0.2, 0.25) is 0 Å². The predicted octanol–water partition coefficient (Wildman–Crippen LogP) is 8.90. The van der Waals surface area contributed by atoms with Gasteiger partial charge in [-0.05, 0) is 35.9 Å². The molecule has 0 unspecified atom stereocenters. The van der Waals surface area contributed by atoms with Crippen LogP contribution in [0.5, 0.6) is 0 Å². The number of aromatic amines is 2. The van der Waals surface area contributed by atoms with Gasteiger partial charge in [0.15, 0.2) is 0 Å². The lowest BCUT2D eigenvalue weighted by Gasteiger charge is -2.04. The van der Waals surface area contributed by atoms with Crippen LogP contribution in [0, 0.1) is 0 Å². The maximum atomic E-state index is 4.92. The molecule has 8 aromatic rings. The summed E-state index contributed by atoms with van der Waals surface area (Å²) in [5.74, 6) is 0. The number of rotatable bonds is 2. The van der Waals surface area contributed by atoms with Crippen LogP contribution in [-0.4, -0.2) is 15.0 Å². The molecule has 0 radical (unpaired) electrons. The summed E-state index contributed by atoms with van der Waals surface area (Å²) in [6.07, 6.45) is 0. The molecule has 5 aromatic carbocycles. The van der Waals surface area contributed by atoms with Gasteiger partial charge in [-0.3, -0.25) is 0 Å². The van der Waals surface area contributed by atoms with Crippen LogP contribution in [0.25, 0.3) is 75.5 Å². The molecule has 0 bridgehead atoms. The van der Waals surface area contributed by atoms with E-state index >= 15 is 0 Å². The smallest absolute Gasteiger partial charge is 0.124 e. The molecule has 0 aliphatic heterocycles. The highest BCUT2D eigenvalue weighted by Gasteiger charge is 2.15. The third kappa shape index (κ3) is 2.74. The van der Waals surface area contributed by atoms with Crippen molar-refractivity contribution in [3.8, 4) is 21.7 Å². The predicted molar refractivity (Wildman–Crippen MR) is 149 cm³/mol. The Morgan fingerprint density at radius 2 is 1.31 bits per heavy atom. The van der Waals surface area contributed by atoms with Crippen molar-refractivity contribution >= 4 is 65.2 Å². The Morgan fingerprint density at radius 3 is 2.26 bits per heavy atom. The number of aromatic nitrogens is 3. The number of nitrogens with one attached hydrogen (secondary N) is 2. The van der Waals surface area contributed by atoms with Gasteiger partial charge in [0.2, 0.25) is 0 Å². The first kappa shape index (κ1) is 19.0. The van der Waals surface area contributed by atoms with Gasteiger partial charge in [0, 0.05) is 43.7 Å². The van der Waals surface area contributed by atoms with Crippen molar-refractivity contribution in [2.24, 2.45) is 0 Å². The topological polar surface area (TPSA) is 44.5 Å². The van der Waals surface area contributed by atoms with E-state index in [2.05, 4.69) is 107 Å². The largest absolute Gasteiger partial charge is 0.354 e. The molecule has 3 heterocycles. The van der Waals surface area contributed by atoms with E-state index in [4.69, 9.17) is 4.98 Å². The van der Waals surface area contributed by atoms with Gasteiger partial charge in [-0.2, -0.15) is 0 Å². The molecule has 0 amide bonds. The Hall–Kier alpha value is -4.41. The van der Waals surface area contributed by atoms with Gasteiger partial charge in [-0.1, -0.05) is 72.8 Å². The van der Waals surface area contributed by atoms with E-state index in [1.165, 1.54) is 48.4 Å². The van der Waals surface area contributed by atoms with Crippen LogP contribution >= 0.6 is 11.3 Å². The fraction of sp³-hybridized carbons (Fsp3) is 0. The molecular weight excluding hydrogens is 446 g/mol. The standard InChI is InChI=1S/C31H19N3S/c1-2-7-18(8-3-1)31-34-27-16-14-23-24-17-19(13-15-26(24)33-29(23)30(27)35-31)20-10-6-11-22-21-9-4-5-12-25(21)32-28(20)22/h1-17,32-33H. The first-order valence-electron chi connectivity index (χ1n) is 11.7. The number of nitrogens with zero attached hydrogens (tertiary/aromatic N) is 1. The van der Waals surface area contributed by atoms with E-state index in [1.54, 1.807) is 11.3 Å². The third-order valence-corrected chi connectivity index (χ3v) is 8.14. The molecule has 0 saturated carbocycles. The number of fused-ring (bicyclic) bond motifs is 8. The highest BCUT2D eigenvalue weighted by atomic mass is 32.1. The van der Waals surface area contributed by atoms with E-state index in [1.807, 2.05) is 6.07 Å². The Kier molecular flexibility index (Phi) is 3.82. The fourth-order valence-corrected chi connectivity index (χ4v) is 6.41. The number of hydrogen-bond acceptors (Lipinski definition) is 2. The zero-order chi connectivity index (χ0) is 22.9. The number of para-hydroxylation sites is 2. The van der Waals surface area contributed by atoms with Crippen LogP contribution in [0.15, 0.2) is 103 Å². The summed E-state index contributed by atoms with van der Waals surface area (Å²) in [5, 5.41) is 6.05. The quantitative estimate of drug-likeness (QED) is 0.263. The molecule has 3 aromatic heterocycles. The van der Waals surface area contributed by atoms with Crippen LogP contribution in [0.3, 0.4) is 0 Å². The normalized spacial score (nSPS) is 12.0. The van der Waals surface area contributed by atoms with Gasteiger partial charge < -0.3 is 9.97 Å². The molecule has 0 saturated heterocycles. The highest BCUT2D eigenvalue weighted by molar-refractivity contribution is 7.22. The molecule has 35 heavy (non-hydrogen) atoms. The minimum absolute atomic E-state index is 1.04. The average molecular weight is 466 g/mol. The fourth-order valence-electron chi connectivity index (χ4n) is 5.34. The van der Waals surface area contributed by atoms with Crippen molar-refractivity contribution in [3.05, 3.63) is 103 Å². The number of thiazole rings is 1. The zero-order valence-corrected chi connectivity index (χ0v) is 19.5. The third-order valence-electron chi connectivity index (χ3n) is 7.00. The van der Waals surface area contributed by atoms with Crippen molar-refractivity contribution in [1.82, 2.24) is 15.0 Å². The van der Waals surface area contributed by atoms with Gasteiger partial charge in [0.1, 0.15) is 5.01 Å². The van der Waals surface area contributed by atoms with Crippen LogP contribution < -0.4 is 0 Å². The van der Waals surface area contributed by atoms with Crippen molar-refractivity contribution in [3.63, 3.8) is 0 Å². The molecule has 0 atom stereocenters. The summed E-state index contributed by atoms with van der Waals surface area (Å²) in [6.45, 7) is 0. The average Bonchev–Trinajstić information content (AvgIpc) is 3.61. The molecule has 3 nitrogen and oxygen atoms in total. The first-order chi connectivity index (χ1) is 17.3. The van der Waals surface area contributed by atoms with Crippen molar-refractivity contribution in [1.29, 1.82) is 0 Å². The van der Waals surface area contributed by atoms with Gasteiger partial charge >= 0.3 is 0 Å². The SMILES string of the molecule is c1ccc(-c2nc3ccc4c5cc(-c6cccc7c6[nH]c6ccccc67)ccc5[nH]c4c3s2)cc1. The molecular formula is C31H19N3S. The van der Waals surface area contributed by atoms with E-state index in [-0.39, 0.29) is 0 Å². The summed E-state index contributed by atoms with van der Waals surface area (Å²) in [4.78, 5) is 12.3. The van der Waals surface area contributed by atoms with E-state index in [0.29, 0.717) is 0 Å². The van der Waals surface area contributed by atoms with Gasteiger partial charge in [0.25, 0.3) is 0 Å². The molecule has 0 fully saturated rings. The first-order valence-corrected chi connectivity index (χ1v) is 12.6. The summed E-state index contributed by atoms with van der Waals surface area (Å²) < 4.78 is 1.21. The van der Waals surface area contributed by atoms with Crippen LogP contribution in [-0.2, 0) is 0 Å². The number of hydrogen-bond donors (Lipinski definition) is 2. The second kappa shape index (κ2) is 7.05. The lowest BCUT2D eigenvalue weighted by atomic mass is 10.00. The lowest BCUT2D eigenvalue weighted by molar-refractivity contribution is 1.48. The van der Waals surface area contributed by atoms with E-state index in [9.17, 15) is 0 Å². The highest BCUT2D eigenvalue weighted by Crippen LogP contribution is 2.39. The molecule has 2 N–H and O–H groups in total. The van der Waals surface area contributed by atoms with E-state index in [0.717, 1.165) is 27.1 Å². The van der Waals surface area contributed by atoms with Crippen molar-refractivity contribution < 1.29 is 0 Å². The maximum absolute atomic E-state index is 4.92. The summed E-state index contributed by atoms with van der Waals surface area (Å²) in [6, 6.07) is 36.6. The lowest BCUT2D eigenvalue weighted by Crippen LogP contribution is -1.81. The monoisotopic (exact) mass is 465 g/mol. The van der Waals surface area contributed by atoms with Crippen molar-refractivity contribution in [2.75, 3.05) is 0 Å². The Bertz CT molecular complexity index is 2060. The minimum atomic E-state index is 1.04. The van der Waals surface area contributed by atoms with Gasteiger partial charge in [-0.25, -0.2) is 4.98 Å². The molecule has 164 valence electrons. The molecule has 8 rings (SSSR count). The van der Waals surface area contributed by atoms with Crippen molar-refractivity contribution in [2.45, 2.75) is 0 Å². The van der Waals surface area contributed by atoms with E-state index < -0.39 is 0 Å². The van der Waals surface area contributed by atoms with Crippen LogP contribution in [0.1, 0.15) is 0 Å². The van der Waals surface area contributed by atoms with Crippen LogP contribution in [0.4, 0.5) is 0 Å². The van der Waals surface area contributed by atoms with Gasteiger partial charge in [0.05, 0.1) is 21.3 Å².